The lowest BCUT2D eigenvalue weighted by molar-refractivity contribution is 0.102. The van der Waals surface area contributed by atoms with Crippen LogP contribution in [-0.4, -0.2) is 30.4 Å². The fourth-order valence-electron chi connectivity index (χ4n) is 2.16. The van der Waals surface area contributed by atoms with Crippen LogP contribution in [0.1, 0.15) is 10.5 Å². The van der Waals surface area contributed by atoms with Crippen molar-refractivity contribution in [3.05, 3.63) is 72.3 Å². The van der Waals surface area contributed by atoms with E-state index in [-0.39, 0.29) is 16.4 Å². The molecule has 0 saturated carbocycles. The largest absolute Gasteiger partial charge is 0.321 e. The Labute approximate surface area is 143 Å². The minimum atomic E-state index is -3.29. The molecule has 1 aromatic heterocycles. The van der Waals surface area contributed by atoms with Gasteiger partial charge in [0.1, 0.15) is 5.82 Å². The maximum absolute atomic E-state index is 12.9. The van der Waals surface area contributed by atoms with E-state index in [1.807, 2.05) is 0 Å². The highest BCUT2D eigenvalue weighted by atomic mass is 32.2. The minimum Gasteiger partial charge on any atom is -0.321 e. The number of anilines is 1. The minimum absolute atomic E-state index is 0.172. The number of sulfone groups is 1. The van der Waals surface area contributed by atoms with E-state index in [0.29, 0.717) is 11.4 Å². The van der Waals surface area contributed by atoms with Gasteiger partial charge in [0.05, 0.1) is 10.6 Å². The van der Waals surface area contributed by atoms with Gasteiger partial charge >= 0.3 is 0 Å². The first-order valence-electron chi connectivity index (χ1n) is 7.26. The summed E-state index contributed by atoms with van der Waals surface area (Å²) in [6, 6.07) is 13.1. The van der Waals surface area contributed by atoms with Gasteiger partial charge in [0.2, 0.25) is 0 Å². The molecule has 0 aliphatic rings. The number of amides is 1. The molecule has 0 saturated heterocycles. The number of nitrogens with one attached hydrogen (secondary N) is 1. The second-order valence-electron chi connectivity index (χ2n) is 5.37. The number of carbonyl (C=O) groups excluding carboxylic acids is 1. The molecule has 3 rings (SSSR count). The van der Waals surface area contributed by atoms with Crippen LogP contribution in [0.3, 0.4) is 0 Å². The fourth-order valence-corrected chi connectivity index (χ4v) is 2.79. The first-order chi connectivity index (χ1) is 11.8. The lowest BCUT2D eigenvalue weighted by Gasteiger charge is -2.04. The number of rotatable bonds is 4. The molecule has 0 atom stereocenters. The van der Waals surface area contributed by atoms with Crippen molar-refractivity contribution in [2.45, 2.75) is 4.90 Å². The summed E-state index contributed by atoms with van der Waals surface area (Å²) in [4.78, 5) is 12.4. The number of halogens is 1. The van der Waals surface area contributed by atoms with E-state index < -0.39 is 15.7 Å². The van der Waals surface area contributed by atoms with Crippen LogP contribution < -0.4 is 5.32 Å². The van der Waals surface area contributed by atoms with E-state index in [9.17, 15) is 17.6 Å². The standard InChI is InChI=1S/C17H14FN3O3S/c1-25(23,24)15-8-4-13(5-9-15)19-17(22)16-10-11-21(20-16)14-6-2-12(18)3-7-14/h2-11H,1H3,(H,19,22). The third-order valence-corrected chi connectivity index (χ3v) is 4.58. The first-order valence-corrected chi connectivity index (χ1v) is 9.15. The molecule has 8 heteroatoms. The Morgan fingerprint density at radius 2 is 1.68 bits per heavy atom. The SMILES string of the molecule is CS(=O)(=O)c1ccc(NC(=O)c2ccn(-c3ccc(F)cc3)n2)cc1. The molecule has 6 nitrogen and oxygen atoms in total. The van der Waals surface area contributed by atoms with Crippen molar-refractivity contribution in [3.63, 3.8) is 0 Å². The highest BCUT2D eigenvalue weighted by molar-refractivity contribution is 7.90. The van der Waals surface area contributed by atoms with Crippen molar-refractivity contribution in [3.8, 4) is 5.69 Å². The fraction of sp³-hybridized carbons (Fsp3) is 0.0588. The third kappa shape index (κ3) is 3.92. The van der Waals surface area contributed by atoms with Gasteiger partial charge in [0.25, 0.3) is 5.91 Å². The molecule has 0 bridgehead atoms. The molecule has 0 unspecified atom stereocenters. The smallest absolute Gasteiger partial charge is 0.276 e. The molecule has 1 heterocycles. The van der Waals surface area contributed by atoms with Crippen molar-refractivity contribution in [2.75, 3.05) is 11.6 Å². The number of carbonyl (C=O) groups is 1. The van der Waals surface area contributed by atoms with Crippen molar-refractivity contribution >= 4 is 21.4 Å². The van der Waals surface area contributed by atoms with E-state index in [1.54, 1.807) is 18.3 Å². The Hall–Kier alpha value is -3.00. The maximum Gasteiger partial charge on any atom is 0.276 e. The van der Waals surface area contributed by atoms with Gasteiger partial charge in [0.15, 0.2) is 15.5 Å². The molecule has 0 aliphatic carbocycles. The van der Waals surface area contributed by atoms with Crippen LogP contribution in [-0.2, 0) is 9.84 Å². The van der Waals surface area contributed by atoms with Crippen molar-refractivity contribution in [1.29, 1.82) is 0 Å². The molecule has 0 fully saturated rings. The molecule has 2 aromatic carbocycles. The van der Waals surface area contributed by atoms with Crippen molar-refractivity contribution in [2.24, 2.45) is 0 Å². The van der Waals surface area contributed by atoms with Gasteiger partial charge in [-0.3, -0.25) is 4.79 Å². The molecular weight excluding hydrogens is 345 g/mol. The second kappa shape index (κ2) is 6.48. The Balaban J connectivity index is 1.75. The zero-order chi connectivity index (χ0) is 18.0. The van der Waals surface area contributed by atoms with Crippen LogP contribution in [0.4, 0.5) is 10.1 Å². The summed E-state index contributed by atoms with van der Waals surface area (Å²) >= 11 is 0. The molecule has 0 radical (unpaired) electrons. The van der Waals surface area contributed by atoms with Crippen LogP contribution in [0, 0.1) is 5.82 Å². The number of hydrogen-bond acceptors (Lipinski definition) is 4. The Kier molecular flexibility index (Phi) is 4.37. The number of benzene rings is 2. The third-order valence-electron chi connectivity index (χ3n) is 3.45. The highest BCUT2D eigenvalue weighted by Crippen LogP contribution is 2.15. The summed E-state index contributed by atoms with van der Waals surface area (Å²) < 4.78 is 37.3. The summed E-state index contributed by atoms with van der Waals surface area (Å²) in [6.07, 6.45) is 2.71. The molecule has 128 valence electrons. The lowest BCUT2D eigenvalue weighted by Crippen LogP contribution is -2.13. The monoisotopic (exact) mass is 359 g/mol. The molecule has 0 aliphatic heterocycles. The van der Waals surface area contributed by atoms with Gasteiger partial charge in [-0.25, -0.2) is 17.5 Å². The Morgan fingerprint density at radius 1 is 1.04 bits per heavy atom. The van der Waals surface area contributed by atoms with E-state index in [1.165, 1.54) is 47.1 Å². The molecule has 1 amide bonds. The zero-order valence-electron chi connectivity index (χ0n) is 13.2. The first kappa shape index (κ1) is 16.8. The van der Waals surface area contributed by atoms with Crippen molar-refractivity contribution < 1.29 is 17.6 Å². The molecule has 1 N–H and O–H groups in total. The quantitative estimate of drug-likeness (QED) is 0.776. The summed E-state index contributed by atoms with van der Waals surface area (Å²) in [5.74, 6) is -0.792. The zero-order valence-corrected chi connectivity index (χ0v) is 14.0. The highest BCUT2D eigenvalue weighted by Gasteiger charge is 2.12. The predicted octanol–water partition coefficient (Wildman–Crippen LogP) is 2.67. The van der Waals surface area contributed by atoms with Crippen LogP contribution in [0.15, 0.2) is 65.7 Å². The van der Waals surface area contributed by atoms with E-state index in [2.05, 4.69) is 10.4 Å². The van der Waals surface area contributed by atoms with Crippen LogP contribution in [0.5, 0.6) is 0 Å². The summed E-state index contributed by atoms with van der Waals surface area (Å²) in [7, 11) is -3.29. The van der Waals surface area contributed by atoms with E-state index in [0.717, 1.165) is 6.26 Å². The van der Waals surface area contributed by atoms with E-state index >= 15 is 0 Å². The second-order valence-corrected chi connectivity index (χ2v) is 7.39. The molecule has 0 spiro atoms. The van der Waals surface area contributed by atoms with Crippen molar-refractivity contribution in [1.82, 2.24) is 9.78 Å². The molecule has 25 heavy (non-hydrogen) atoms. The van der Waals surface area contributed by atoms with Gasteiger partial charge in [-0.15, -0.1) is 0 Å². The van der Waals surface area contributed by atoms with Gasteiger partial charge in [0, 0.05) is 18.1 Å². The Morgan fingerprint density at radius 3 is 2.28 bits per heavy atom. The Bertz CT molecular complexity index is 1010. The summed E-state index contributed by atoms with van der Waals surface area (Å²) in [6.45, 7) is 0. The van der Waals surface area contributed by atoms with Gasteiger partial charge in [-0.05, 0) is 54.6 Å². The predicted molar refractivity (Wildman–Crippen MR) is 91.0 cm³/mol. The van der Waals surface area contributed by atoms with Gasteiger partial charge in [-0.1, -0.05) is 0 Å². The summed E-state index contributed by atoms with van der Waals surface area (Å²) in [5.41, 5.74) is 1.25. The lowest BCUT2D eigenvalue weighted by atomic mass is 10.3. The van der Waals surface area contributed by atoms with Crippen LogP contribution in [0.2, 0.25) is 0 Å². The topological polar surface area (TPSA) is 81.1 Å². The normalized spacial score (nSPS) is 11.3. The average Bonchev–Trinajstić information content (AvgIpc) is 3.05. The van der Waals surface area contributed by atoms with Crippen LogP contribution in [0.25, 0.3) is 5.69 Å². The summed E-state index contributed by atoms with van der Waals surface area (Å²) in [5, 5.41) is 6.79. The van der Waals surface area contributed by atoms with Crippen LogP contribution >= 0.6 is 0 Å². The average molecular weight is 359 g/mol. The number of hydrogen-bond donors (Lipinski definition) is 1. The number of aromatic nitrogens is 2. The van der Waals surface area contributed by atoms with Gasteiger partial charge in [-0.2, -0.15) is 5.10 Å². The van der Waals surface area contributed by atoms with Gasteiger partial charge < -0.3 is 5.32 Å². The maximum atomic E-state index is 12.9. The molecular formula is C17H14FN3O3S. The van der Waals surface area contributed by atoms with E-state index in [4.69, 9.17) is 0 Å². The molecule has 3 aromatic rings. The number of nitrogens with zero attached hydrogens (tertiary/aromatic N) is 2.